The van der Waals surface area contributed by atoms with Crippen LogP contribution in [0.4, 0.5) is 0 Å². The Hall–Kier alpha value is -2.00. The van der Waals surface area contributed by atoms with E-state index in [0.29, 0.717) is 11.5 Å². The van der Waals surface area contributed by atoms with Crippen LogP contribution in [0.2, 0.25) is 0 Å². The lowest BCUT2D eigenvalue weighted by Crippen LogP contribution is -2.26. The van der Waals surface area contributed by atoms with Gasteiger partial charge in [-0.1, -0.05) is 121 Å². The van der Waals surface area contributed by atoms with E-state index in [1.165, 1.54) is 11.1 Å². The summed E-state index contributed by atoms with van der Waals surface area (Å²) in [5.74, 6) is 0.874. The molecule has 0 saturated heterocycles. The van der Waals surface area contributed by atoms with Crippen LogP contribution < -0.4 is 0 Å². The number of aromatic hydroxyl groups is 2. The first kappa shape index (κ1) is 31.2. The van der Waals surface area contributed by atoms with E-state index < -0.39 is 0 Å². The molecule has 2 rings (SSSR count). The summed E-state index contributed by atoms with van der Waals surface area (Å²) in [6.07, 6.45) is 2.27. The highest BCUT2D eigenvalue weighted by molar-refractivity contribution is 5.51. The van der Waals surface area contributed by atoms with E-state index in [2.05, 4.69) is 119 Å². The molecule has 208 valence electrons. The zero-order valence-corrected chi connectivity index (χ0v) is 26.2. The van der Waals surface area contributed by atoms with Crippen molar-refractivity contribution in [3.05, 3.63) is 57.6 Å². The molecule has 0 radical (unpaired) electrons. The molecule has 2 N–H and O–H groups in total. The Labute approximate surface area is 228 Å². The molecule has 3 heteroatoms. The first-order valence-electron chi connectivity index (χ1n) is 14.1. The van der Waals surface area contributed by atoms with Crippen LogP contribution >= 0.6 is 0 Å². The van der Waals surface area contributed by atoms with E-state index in [1.54, 1.807) is 0 Å². The third kappa shape index (κ3) is 7.99. The average Bonchev–Trinajstić information content (AvgIpc) is 2.70. The zero-order chi connectivity index (χ0) is 28.6. The molecule has 0 aliphatic heterocycles. The molecule has 0 bridgehead atoms. The SMILES string of the molecule is CCCCN(Cc1cc(C(C)(C)C)c(O)c(C(C)(C)C)c1)Cc1cc(C(C)(C)C)c(O)c(C(C)(C)C)c1. The second-order valence-electron chi connectivity index (χ2n) is 15.1. The normalized spacial score (nSPS) is 13.5. The Morgan fingerprint density at radius 3 is 1.03 bits per heavy atom. The van der Waals surface area contributed by atoms with E-state index in [9.17, 15) is 10.2 Å². The van der Waals surface area contributed by atoms with Crippen molar-refractivity contribution < 1.29 is 10.2 Å². The Morgan fingerprint density at radius 1 is 0.541 bits per heavy atom. The molecule has 0 saturated carbocycles. The van der Waals surface area contributed by atoms with Crippen LogP contribution in [-0.2, 0) is 34.7 Å². The third-order valence-electron chi connectivity index (χ3n) is 7.21. The Morgan fingerprint density at radius 2 is 0.811 bits per heavy atom. The first-order chi connectivity index (χ1) is 16.7. The summed E-state index contributed by atoms with van der Waals surface area (Å²) < 4.78 is 0. The highest BCUT2D eigenvalue weighted by Gasteiger charge is 2.28. The molecule has 0 heterocycles. The lowest BCUT2D eigenvalue weighted by molar-refractivity contribution is 0.251. The van der Waals surface area contributed by atoms with Crippen molar-refractivity contribution in [2.75, 3.05) is 6.54 Å². The fourth-order valence-corrected chi connectivity index (χ4v) is 4.97. The van der Waals surface area contributed by atoms with E-state index in [1.807, 2.05) is 0 Å². The number of phenolic OH excluding ortho intramolecular Hbond substituents is 2. The lowest BCUT2D eigenvalue weighted by Gasteiger charge is -2.31. The van der Waals surface area contributed by atoms with Gasteiger partial charge in [-0.3, -0.25) is 4.90 Å². The Kier molecular flexibility index (Phi) is 9.29. The van der Waals surface area contributed by atoms with Gasteiger partial charge in [-0.2, -0.15) is 0 Å². The molecular weight excluding hydrogens is 454 g/mol. The molecule has 0 aliphatic carbocycles. The molecular formula is C34H55NO2. The van der Waals surface area contributed by atoms with Gasteiger partial charge in [0.2, 0.25) is 0 Å². The average molecular weight is 510 g/mol. The summed E-state index contributed by atoms with van der Waals surface area (Å²) >= 11 is 0. The van der Waals surface area contributed by atoms with E-state index in [-0.39, 0.29) is 21.7 Å². The lowest BCUT2D eigenvalue weighted by atomic mass is 9.78. The van der Waals surface area contributed by atoms with Crippen LogP contribution in [0.15, 0.2) is 24.3 Å². The molecule has 0 fully saturated rings. The number of benzene rings is 2. The number of nitrogens with zero attached hydrogens (tertiary/aromatic N) is 1. The van der Waals surface area contributed by atoms with Crippen molar-refractivity contribution in [1.82, 2.24) is 4.90 Å². The highest BCUT2D eigenvalue weighted by atomic mass is 16.3. The zero-order valence-electron chi connectivity index (χ0n) is 26.2. The second-order valence-corrected chi connectivity index (χ2v) is 15.1. The van der Waals surface area contributed by atoms with Crippen LogP contribution in [0, 0.1) is 0 Å². The third-order valence-corrected chi connectivity index (χ3v) is 7.21. The minimum Gasteiger partial charge on any atom is -0.507 e. The van der Waals surface area contributed by atoms with E-state index >= 15 is 0 Å². The van der Waals surface area contributed by atoms with Crippen LogP contribution in [0.1, 0.15) is 136 Å². The van der Waals surface area contributed by atoms with Gasteiger partial charge in [0.15, 0.2) is 0 Å². The van der Waals surface area contributed by atoms with Gasteiger partial charge >= 0.3 is 0 Å². The molecule has 0 spiro atoms. The van der Waals surface area contributed by atoms with Crippen molar-refractivity contribution in [3.8, 4) is 11.5 Å². The molecule has 0 amide bonds. The summed E-state index contributed by atoms with van der Waals surface area (Å²) in [5.41, 5.74) is 5.97. The molecule has 2 aromatic rings. The minimum atomic E-state index is -0.144. The van der Waals surface area contributed by atoms with E-state index in [4.69, 9.17) is 0 Å². The van der Waals surface area contributed by atoms with Gasteiger partial charge in [0.05, 0.1) is 0 Å². The van der Waals surface area contributed by atoms with Crippen LogP contribution in [-0.4, -0.2) is 21.7 Å². The minimum absolute atomic E-state index is 0.144. The van der Waals surface area contributed by atoms with Gasteiger partial charge in [-0.25, -0.2) is 0 Å². The van der Waals surface area contributed by atoms with Crippen LogP contribution in [0.3, 0.4) is 0 Å². The van der Waals surface area contributed by atoms with Gasteiger partial charge in [0, 0.05) is 13.1 Å². The van der Waals surface area contributed by atoms with Gasteiger partial charge in [-0.15, -0.1) is 0 Å². The summed E-state index contributed by atoms with van der Waals surface area (Å²) in [7, 11) is 0. The first-order valence-corrected chi connectivity index (χ1v) is 14.1. The van der Waals surface area contributed by atoms with Gasteiger partial charge in [0.25, 0.3) is 0 Å². The van der Waals surface area contributed by atoms with Crippen molar-refractivity contribution in [3.63, 3.8) is 0 Å². The molecule has 0 unspecified atom stereocenters. The van der Waals surface area contributed by atoms with Gasteiger partial charge in [-0.05, 0) is 68.0 Å². The quantitative estimate of drug-likeness (QED) is 0.391. The molecule has 3 nitrogen and oxygen atoms in total. The maximum absolute atomic E-state index is 11.2. The monoisotopic (exact) mass is 509 g/mol. The Bertz CT molecular complexity index is 915. The fourth-order valence-electron chi connectivity index (χ4n) is 4.97. The van der Waals surface area contributed by atoms with Crippen molar-refractivity contribution in [2.45, 2.75) is 138 Å². The standard InChI is InChI=1S/C34H55NO2/c1-14-15-16-35(21-23-17-25(31(2,3)4)29(36)26(18-23)32(5,6)7)22-24-19-27(33(8,9)10)30(37)28(20-24)34(11,12)13/h17-20,36-37H,14-16,21-22H2,1-13H3. The maximum atomic E-state index is 11.2. The topological polar surface area (TPSA) is 43.7 Å². The highest BCUT2D eigenvalue weighted by Crippen LogP contribution is 2.41. The van der Waals surface area contributed by atoms with Crippen molar-refractivity contribution in [2.24, 2.45) is 0 Å². The van der Waals surface area contributed by atoms with Crippen LogP contribution in [0.25, 0.3) is 0 Å². The fraction of sp³-hybridized carbons (Fsp3) is 0.647. The van der Waals surface area contributed by atoms with Gasteiger partial charge < -0.3 is 10.2 Å². The number of rotatable bonds is 7. The van der Waals surface area contributed by atoms with Gasteiger partial charge in [0.1, 0.15) is 11.5 Å². The molecule has 0 aromatic heterocycles. The van der Waals surface area contributed by atoms with Crippen molar-refractivity contribution in [1.29, 1.82) is 0 Å². The molecule has 0 aliphatic rings. The maximum Gasteiger partial charge on any atom is 0.123 e. The van der Waals surface area contributed by atoms with E-state index in [0.717, 1.165) is 54.7 Å². The number of phenols is 2. The summed E-state index contributed by atoms with van der Waals surface area (Å²) in [6.45, 7) is 31.0. The number of hydrogen-bond acceptors (Lipinski definition) is 3. The van der Waals surface area contributed by atoms with Crippen molar-refractivity contribution >= 4 is 0 Å². The number of hydrogen-bond donors (Lipinski definition) is 2. The second kappa shape index (κ2) is 11.0. The smallest absolute Gasteiger partial charge is 0.123 e. The predicted octanol–water partition coefficient (Wildman–Crippen LogP) is 9.09. The molecule has 0 atom stereocenters. The molecule has 2 aromatic carbocycles. The summed E-state index contributed by atoms with van der Waals surface area (Å²) in [5, 5.41) is 22.4. The summed E-state index contributed by atoms with van der Waals surface area (Å²) in [4.78, 5) is 2.53. The Balaban J connectivity index is 2.60. The largest absolute Gasteiger partial charge is 0.507 e. The number of unbranched alkanes of at least 4 members (excludes halogenated alkanes) is 1. The van der Waals surface area contributed by atoms with Crippen LogP contribution in [0.5, 0.6) is 11.5 Å². The summed E-state index contributed by atoms with van der Waals surface area (Å²) in [6, 6.07) is 8.84. The molecule has 37 heavy (non-hydrogen) atoms. The predicted molar refractivity (Wildman–Crippen MR) is 160 cm³/mol.